The predicted molar refractivity (Wildman–Crippen MR) is 72.7 cm³/mol. The van der Waals surface area contributed by atoms with Crippen LogP contribution < -0.4 is 10.2 Å². The zero-order valence-corrected chi connectivity index (χ0v) is 11.5. The summed E-state index contributed by atoms with van der Waals surface area (Å²) in [5, 5.41) is 4.47. The molecule has 0 bridgehead atoms. The highest BCUT2D eigenvalue weighted by atomic mass is 32.1. The lowest BCUT2D eigenvalue weighted by Crippen LogP contribution is -2.20. The summed E-state index contributed by atoms with van der Waals surface area (Å²) in [6.07, 6.45) is 4.33. The van der Waals surface area contributed by atoms with E-state index in [9.17, 15) is 0 Å². The minimum Gasteiger partial charge on any atom is -0.348 e. The van der Waals surface area contributed by atoms with Crippen LogP contribution in [0.4, 0.5) is 5.13 Å². The molecule has 1 saturated carbocycles. The molecule has 1 aromatic rings. The normalized spacial score (nSPS) is 27.8. The van der Waals surface area contributed by atoms with Crippen LogP contribution in [0, 0.1) is 18.8 Å². The van der Waals surface area contributed by atoms with Crippen molar-refractivity contribution >= 4 is 16.5 Å². The Labute approximate surface area is 107 Å². The first-order chi connectivity index (χ1) is 8.28. The van der Waals surface area contributed by atoms with Gasteiger partial charge in [-0.15, -0.1) is 11.3 Å². The van der Waals surface area contributed by atoms with Gasteiger partial charge in [-0.3, -0.25) is 0 Å². The summed E-state index contributed by atoms with van der Waals surface area (Å²) in [5.74, 6) is 1.90. The molecule has 1 N–H and O–H groups in total. The van der Waals surface area contributed by atoms with Crippen molar-refractivity contribution in [2.24, 2.45) is 11.8 Å². The first kappa shape index (κ1) is 11.5. The van der Waals surface area contributed by atoms with Crippen LogP contribution in [-0.2, 0) is 6.54 Å². The van der Waals surface area contributed by atoms with E-state index in [0.29, 0.717) is 0 Å². The van der Waals surface area contributed by atoms with Crippen molar-refractivity contribution in [3.05, 3.63) is 10.6 Å². The molecule has 1 aliphatic heterocycles. The molecule has 0 aromatic carbocycles. The van der Waals surface area contributed by atoms with E-state index in [0.717, 1.165) is 18.4 Å². The van der Waals surface area contributed by atoms with Crippen molar-refractivity contribution in [3.63, 3.8) is 0 Å². The Morgan fingerprint density at radius 1 is 1.35 bits per heavy atom. The highest BCUT2D eigenvalue weighted by Gasteiger charge is 2.37. The van der Waals surface area contributed by atoms with E-state index >= 15 is 0 Å². The van der Waals surface area contributed by atoms with E-state index < -0.39 is 0 Å². The number of nitrogens with one attached hydrogen (secondary N) is 1. The van der Waals surface area contributed by atoms with Gasteiger partial charge in [0.05, 0.1) is 5.69 Å². The molecule has 1 aliphatic carbocycles. The third-order valence-electron chi connectivity index (χ3n) is 4.22. The second kappa shape index (κ2) is 4.58. The Bertz CT molecular complexity index is 389. The molecule has 0 spiro atoms. The first-order valence-corrected chi connectivity index (χ1v) is 7.45. The van der Waals surface area contributed by atoms with Gasteiger partial charge in [-0.05, 0) is 38.6 Å². The lowest BCUT2D eigenvalue weighted by atomic mass is 10.0. The zero-order valence-electron chi connectivity index (χ0n) is 10.7. The quantitative estimate of drug-likeness (QED) is 0.894. The van der Waals surface area contributed by atoms with Crippen molar-refractivity contribution in [2.45, 2.75) is 32.7 Å². The highest BCUT2D eigenvalue weighted by Crippen LogP contribution is 2.40. The van der Waals surface area contributed by atoms with Crippen molar-refractivity contribution < 1.29 is 0 Å². The number of nitrogens with zero attached hydrogens (tertiary/aromatic N) is 2. The molecule has 1 saturated heterocycles. The fourth-order valence-electron chi connectivity index (χ4n) is 3.26. The van der Waals surface area contributed by atoms with Gasteiger partial charge < -0.3 is 10.2 Å². The van der Waals surface area contributed by atoms with E-state index in [1.54, 1.807) is 0 Å². The molecule has 2 aliphatic rings. The third kappa shape index (κ3) is 2.08. The van der Waals surface area contributed by atoms with Crippen molar-refractivity contribution in [3.8, 4) is 0 Å². The lowest BCUT2D eigenvalue weighted by Gasteiger charge is -2.15. The molecule has 1 aromatic heterocycles. The highest BCUT2D eigenvalue weighted by molar-refractivity contribution is 7.15. The second-order valence-corrected chi connectivity index (χ2v) is 6.45. The average Bonchev–Trinajstić information content (AvgIpc) is 2.92. The summed E-state index contributed by atoms with van der Waals surface area (Å²) in [4.78, 5) is 8.65. The topological polar surface area (TPSA) is 28.2 Å². The van der Waals surface area contributed by atoms with Crippen molar-refractivity contribution in [1.29, 1.82) is 0 Å². The van der Waals surface area contributed by atoms with Crippen molar-refractivity contribution in [1.82, 2.24) is 10.3 Å². The Kier molecular flexibility index (Phi) is 3.09. The van der Waals surface area contributed by atoms with Crippen LogP contribution in [0.25, 0.3) is 0 Å². The lowest BCUT2D eigenvalue weighted by molar-refractivity contribution is 0.494. The number of anilines is 1. The summed E-state index contributed by atoms with van der Waals surface area (Å²) in [6, 6.07) is 0. The second-order valence-electron chi connectivity index (χ2n) is 5.39. The molecule has 2 heterocycles. The molecule has 2 unspecified atom stereocenters. The van der Waals surface area contributed by atoms with Crippen LogP contribution >= 0.6 is 11.3 Å². The van der Waals surface area contributed by atoms with E-state index in [-0.39, 0.29) is 0 Å². The van der Waals surface area contributed by atoms with E-state index in [4.69, 9.17) is 4.98 Å². The maximum absolute atomic E-state index is 4.74. The number of aryl methyl sites for hydroxylation is 1. The van der Waals surface area contributed by atoms with Gasteiger partial charge in [-0.2, -0.15) is 0 Å². The molecule has 3 nitrogen and oxygen atoms in total. The van der Waals surface area contributed by atoms with Gasteiger partial charge in [0.25, 0.3) is 0 Å². The van der Waals surface area contributed by atoms with Crippen LogP contribution in [0.1, 0.15) is 29.8 Å². The largest absolute Gasteiger partial charge is 0.348 e. The number of thiazole rings is 1. The van der Waals surface area contributed by atoms with E-state index in [2.05, 4.69) is 17.1 Å². The Hall–Kier alpha value is -0.610. The standard InChI is InChI=1S/C13H21N3S/c1-9-12(6-14-2)17-13(15-9)16-7-10-4-3-5-11(10)8-16/h10-11,14H,3-8H2,1-2H3. The number of hydrogen-bond donors (Lipinski definition) is 1. The third-order valence-corrected chi connectivity index (χ3v) is 5.43. The maximum atomic E-state index is 4.74. The number of rotatable bonds is 3. The number of hydrogen-bond acceptors (Lipinski definition) is 4. The first-order valence-electron chi connectivity index (χ1n) is 6.63. The van der Waals surface area contributed by atoms with E-state index in [1.807, 2.05) is 18.4 Å². The van der Waals surface area contributed by atoms with Gasteiger partial charge in [-0.25, -0.2) is 4.98 Å². The van der Waals surface area contributed by atoms with Gasteiger partial charge in [0, 0.05) is 24.5 Å². The Morgan fingerprint density at radius 2 is 2.06 bits per heavy atom. The fraction of sp³-hybridized carbons (Fsp3) is 0.769. The molecular formula is C13H21N3S. The Morgan fingerprint density at radius 3 is 2.71 bits per heavy atom. The molecule has 0 amide bonds. The SMILES string of the molecule is CNCc1sc(N2CC3CCCC3C2)nc1C. The number of fused-ring (bicyclic) bond motifs is 1. The van der Waals surface area contributed by atoms with Crippen LogP contribution in [0.3, 0.4) is 0 Å². The number of aromatic nitrogens is 1. The predicted octanol–water partition coefficient (Wildman–Crippen LogP) is 2.41. The summed E-state index contributed by atoms with van der Waals surface area (Å²) in [5.41, 5.74) is 1.21. The molecule has 3 rings (SSSR count). The van der Waals surface area contributed by atoms with Gasteiger partial charge in [0.2, 0.25) is 0 Å². The van der Waals surface area contributed by atoms with Gasteiger partial charge in [0.15, 0.2) is 5.13 Å². The van der Waals surface area contributed by atoms with Gasteiger partial charge in [0.1, 0.15) is 0 Å². The van der Waals surface area contributed by atoms with Gasteiger partial charge in [-0.1, -0.05) is 6.42 Å². The van der Waals surface area contributed by atoms with Crippen LogP contribution in [0.15, 0.2) is 0 Å². The maximum Gasteiger partial charge on any atom is 0.185 e. The van der Waals surface area contributed by atoms with Crippen LogP contribution in [0.2, 0.25) is 0 Å². The molecule has 4 heteroatoms. The minimum absolute atomic E-state index is 0.949. The zero-order chi connectivity index (χ0) is 11.8. The molecule has 2 fully saturated rings. The smallest absolute Gasteiger partial charge is 0.185 e. The van der Waals surface area contributed by atoms with Crippen LogP contribution in [0.5, 0.6) is 0 Å². The monoisotopic (exact) mass is 251 g/mol. The summed E-state index contributed by atoms with van der Waals surface area (Å²) < 4.78 is 0. The molecule has 0 radical (unpaired) electrons. The summed E-state index contributed by atoms with van der Waals surface area (Å²) >= 11 is 1.87. The summed E-state index contributed by atoms with van der Waals surface area (Å²) in [6.45, 7) is 5.57. The van der Waals surface area contributed by atoms with Crippen LogP contribution in [-0.4, -0.2) is 25.1 Å². The fourth-order valence-corrected chi connectivity index (χ4v) is 4.35. The Balaban J connectivity index is 1.74. The van der Waals surface area contributed by atoms with Crippen molar-refractivity contribution in [2.75, 3.05) is 25.0 Å². The summed E-state index contributed by atoms with van der Waals surface area (Å²) in [7, 11) is 2.00. The molecule has 94 valence electrons. The van der Waals surface area contributed by atoms with E-state index in [1.165, 1.54) is 48.1 Å². The molecular weight excluding hydrogens is 230 g/mol. The average molecular weight is 251 g/mol. The van der Waals surface area contributed by atoms with Gasteiger partial charge >= 0.3 is 0 Å². The minimum atomic E-state index is 0.949. The molecule has 2 atom stereocenters. The molecule has 17 heavy (non-hydrogen) atoms.